The van der Waals surface area contributed by atoms with Crippen LogP contribution < -0.4 is 5.32 Å². The molecule has 2 aromatic carbocycles. The van der Waals surface area contributed by atoms with E-state index in [1.807, 2.05) is 0 Å². The van der Waals surface area contributed by atoms with Crippen LogP contribution in [0.3, 0.4) is 0 Å². The first-order valence-corrected chi connectivity index (χ1v) is 13.6. The lowest BCUT2D eigenvalue weighted by Crippen LogP contribution is -2.65. The van der Waals surface area contributed by atoms with Crippen molar-refractivity contribution in [3.63, 3.8) is 0 Å². The summed E-state index contributed by atoms with van der Waals surface area (Å²) in [7, 11) is -3.93. The maximum absolute atomic E-state index is 14.7. The van der Waals surface area contributed by atoms with Gasteiger partial charge < -0.3 is 14.6 Å². The van der Waals surface area contributed by atoms with Crippen LogP contribution in [0.15, 0.2) is 70.2 Å². The number of carbonyl (C=O) groups is 2. The molecule has 4 rings (SSSR count). The summed E-state index contributed by atoms with van der Waals surface area (Å²) in [5.41, 5.74) is -0.162. The molecule has 0 unspecified atom stereocenters. The number of nitrogens with zero attached hydrogens (tertiary/aromatic N) is 2. The Labute approximate surface area is 220 Å². The van der Waals surface area contributed by atoms with Crippen LogP contribution in [0, 0.1) is 17.6 Å². The van der Waals surface area contributed by atoms with Crippen LogP contribution in [-0.2, 0) is 26.2 Å². The zero-order chi connectivity index (χ0) is 27.6. The number of benzene rings is 2. The van der Waals surface area contributed by atoms with E-state index in [-0.39, 0.29) is 47.3 Å². The lowest BCUT2D eigenvalue weighted by atomic mass is 10.0. The van der Waals surface area contributed by atoms with Crippen LogP contribution in [0.1, 0.15) is 26.3 Å². The first kappa shape index (κ1) is 27.5. The van der Waals surface area contributed by atoms with Gasteiger partial charge in [-0.25, -0.2) is 17.2 Å². The van der Waals surface area contributed by atoms with E-state index in [2.05, 4.69) is 5.32 Å². The van der Waals surface area contributed by atoms with Crippen molar-refractivity contribution >= 4 is 21.8 Å². The van der Waals surface area contributed by atoms with Gasteiger partial charge in [-0.2, -0.15) is 4.31 Å². The van der Waals surface area contributed by atoms with Gasteiger partial charge >= 0.3 is 0 Å². The SMILES string of the molecule is CC(C)C(=O)N1[C@H](C)CN(S(=O)(=O)c2ccccc2)C[C@@H]1C(=O)NCc1cc(F)c(-c2ccco2)c(F)c1. The zero-order valence-electron chi connectivity index (χ0n) is 21.2. The Morgan fingerprint density at radius 2 is 1.71 bits per heavy atom. The maximum atomic E-state index is 14.7. The molecule has 202 valence electrons. The van der Waals surface area contributed by atoms with E-state index < -0.39 is 45.6 Å². The monoisotopic (exact) mass is 545 g/mol. The second kappa shape index (κ2) is 11.0. The molecule has 1 fully saturated rings. The molecule has 0 spiro atoms. The molecule has 2 heterocycles. The average Bonchev–Trinajstić information content (AvgIpc) is 3.40. The Kier molecular flexibility index (Phi) is 7.98. The molecule has 1 aliphatic heterocycles. The molecular weight excluding hydrogens is 516 g/mol. The number of carbonyl (C=O) groups excluding carboxylic acids is 2. The summed E-state index contributed by atoms with van der Waals surface area (Å²) >= 11 is 0. The molecule has 1 aromatic heterocycles. The zero-order valence-corrected chi connectivity index (χ0v) is 22.0. The number of piperazine rings is 1. The van der Waals surface area contributed by atoms with Crippen LogP contribution >= 0.6 is 0 Å². The number of halogens is 2. The third kappa shape index (κ3) is 5.48. The standard InChI is InChI=1S/C27H29F2N3O5S/c1-17(2)27(34)32-18(3)15-31(38(35,36)20-8-5-4-6-9-20)16-23(32)26(33)30-14-19-12-21(28)25(22(29)13-19)24-10-7-11-37-24/h4-13,17-18,23H,14-16H2,1-3H3,(H,30,33)/t18-,23-/m1/s1. The van der Waals surface area contributed by atoms with Crippen molar-refractivity contribution in [1.29, 1.82) is 0 Å². The molecule has 38 heavy (non-hydrogen) atoms. The molecule has 1 N–H and O–H groups in total. The van der Waals surface area contributed by atoms with Crippen molar-refractivity contribution in [1.82, 2.24) is 14.5 Å². The fraction of sp³-hybridized carbons (Fsp3) is 0.333. The number of rotatable bonds is 7. The summed E-state index contributed by atoms with van der Waals surface area (Å²) in [6.07, 6.45) is 1.30. The normalized spacial score (nSPS) is 18.5. The molecule has 0 saturated carbocycles. The van der Waals surface area contributed by atoms with E-state index in [4.69, 9.17) is 4.42 Å². The van der Waals surface area contributed by atoms with Crippen molar-refractivity contribution in [3.05, 3.63) is 78.1 Å². The van der Waals surface area contributed by atoms with Crippen molar-refractivity contribution in [2.75, 3.05) is 13.1 Å². The number of amides is 2. The van der Waals surface area contributed by atoms with Crippen LogP contribution in [0.4, 0.5) is 8.78 Å². The molecule has 1 aliphatic rings. The summed E-state index contributed by atoms with van der Waals surface area (Å²) in [5.74, 6) is -3.03. The minimum absolute atomic E-state index is 0.0180. The number of hydrogen-bond acceptors (Lipinski definition) is 5. The molecule has 0 radical (unpaired) electrons. The molecular formula is C27H29F2N3O5S. The predicted molar refractivity (Wildman–Crippen MR) is 136 cm³/mol. The van der Waals surface area contributed by atoms with Gasteiger partial charge in [0.15, 0.2) is 0 Å². The third-order valence-electron chi connectivity index (χ3n) is 6.42. The summed E-state index contributed by atoms with van der Waals surface area (Å²) in [6.45, 7) is 4.61. The molecule has 0 bridgehead atoms. The van der Waals surface area contributed by atoms with Gasteiger partial charge in [0.25, 0.3) is 0 Å². The fourth-order valence-corrected chi connectivity index (χ4v) is 6.10. The van der Waals surface area contributed by atoms with E-state index in [1.165, 1.54) is 39.7 Å². The number of furan rings is 1. The first-order chi connectivity index (χ1) is 18.0. The van der Waals surface area contributed by atoms with Gasteiger partial charge in [0.05, 0.1) is 16.7 Å². The van der Waals surface area contributed by atoms with Crippen LogP contribution in [-0.4, -0.2) is 54.6 Å². The van der Waals surface area contributed by atoms with Crippen LogP contribution in [0.2, 0.25) is 0 Å². The smallest absolute Gasteiger partial charge is 0.244 e. The molecule has 1 saturated heterocycles. The van der Waals surface area contributed by atoms with E-state index in [0.29, 0.717) is 0 Å². The molecule has 2 atom stereocenters. The third-order valence-corrected chi connectivity index (χ3v) is 8.27. The highest BCUT2D eigenvalue weighted by atomic mass is 32.2. The van der Waals surface area contributed by atoms with Crippen molar-refractivity contribution < 1.29 is 31.2 Å². The summed E-state index contributed by atoms with van der Waals surface area (Å²) in [5, 5.41) is 2.62. The predicted octanol–water partition coefficient (Wildman–Crippen LogP) is 3.79. The molecule has 8 nitrogen and oxygen atoms in total. The van der Waals surface area contributed by atoms with E-state index in [9.17, 15) is 26.8 Å². The highest BCUT2D eigenvalue weighted by Crippen LogP contribution is 2.28. The Morgan fingerprint density at radius 3 is 2.29 bits per heavy atom. The molecule has 3 aromatic rings. The lowest BCUT2D eigenvalue weighted by molar-refractivity contribution is -0.148. The number of nitrogens with one attached hydrogen (secondary N) is 1. The van der Waals surface area contributed by atoms with Crippen molar-refractivity contribution in [2.24, 2.45) is 5.92 Å². The Hall–Kier alpha value is -3.57. The topological polar surface area (TPSA) is 99.9 Å². The highest BCUT2D eigenvalue weighted by molar-refractivity contribution is 7.89. The van der Waals surface area contributed by atoms with Gasteiger partial charge in [-0.1, -0.05) is 32.0 Å². The first-order valence-electron chi connectivity index (χ1n) is 12.2. The number of sulfonamides is 1. The lowest BCUT2D eigenvalue weighted by Gasteiger charge is -2.44. The Morgan fingerprint density at radius 1 is 1.05 bits per heavy atom. The summed E-state index contributed by atoms with van der Waals surface area (Å²) < 4.78 is 62.2. The summed E-state index contributed by atoms with van der Waals surface area (Å²) in [6, 6.07) is 11.3. The van der Waals surface area contributed by atoms with Gasteiger partial charge in [-0.3, -0.25) is 9.59 Å². The van der Waals surface area contributed by atoms with E-state index >= 15 is 0 Å². The van der Waals surface area contributed by atoms with Crippen LogP contribution in [0.5, 0.6) is 0 Å². The quantitative estimate of drug-likeness (QED) is 0.487. The highest BCUT2D eigenvalue weighted by Gasteiger charge is 2.43. The average molecular weight is 546 g/mol. The van der Waals surface area contributed by atoms with Gasteiger partial charge in [0, 0.05) is 31.6 Å². The largest absolute Gasteiger partial charge is 0.464 e. The fourth-order valence-electron chi connectivity index (χ4n) is 4.55. The maximum Gasteiger partial charge on any atom is 0.244 e. The van der Waals surface area contributed by atoms with E-state index in [1.54, 1.807) is 39.0 Å². The minimum Gasteiger partial charge on any atom is -0.464 e. The van der Waals surface area contributed by atoms with Gasteiger partial charge in [-0.15, -0.1) is 0 Å². The van der Waals surface area contributed by atoms with Gasteiger partial charge in [0.1, 0.15) is 23.4 Å². The molecule has 0 aliphatic carbocycles. The van der Waals surface area contributed by atoms with Crippen molar-refractivity contribution in [3.8, 4) is 11.3 Å². The second-order valence-corrected chi connectivity index (χ2v) is 11.5. The molecule has 11 heteroatoms. The van der Waals surface area contributed by atoms with Gasteiger partial charge in [0.2, 0.25) is 21.8 Å². The van der Waals surface area contributed by atoms with E-state index in [0.717, 1.165) is 12.1 Å². The Balaban J connectivity index is 1.57. The molecule has 2 amide bonds. The van der Waals surface area contributed by atoms with Gasteiger partial charge in [-0.05, 0) is 48.9 Å². The van der Waals surface area contributed by atoms with Crippen LogP contribution in [0.25, 0.3) is 11.3 Å². The summed E-state index contributed by atoms with van der Waals surface area (Å²) in [4.78, 5) is 27.9. The number of hydrogen-bond donors (Lipinski definition) is 1. The minimum atomic E-state index is -3.93. The Bertz CT molecular complexity index is 1390. The second-order valence-electron chi connectivity index (χ2n) is 9.53. The van der Waals surface area contributed by atoms with Crippen molar-refractivity contribution in [2.45, 2.75) is 44.3 Å².